The van der Waals surface area contributed by atoms with Crippen molar-refractivity contribution in [2.45, 2.75) is 63.1 Å². The molecule has 3 fully saturated rings. The van der Waals surface area contributed by atoms with Gasteiger partial charge in [-0.1, -0.05) is 6.07 Å². The van der Waals surface area contributed by atoms with E-state index in [4.69, 9.17) is 9.97 Å². The van der Waals surface area contributed by atoms with E-state index < -0.39 is 5.60 Å². The van der Waals surface area contributed by atoms with E-state index in [0.717, 1.165) is 35.6 Å². The number of fused-ring (bicyclic) bond motifs is 3. The minimum atomic E-state index is -1.02. The van der Waals surface area contributed by atoms with Crippen LogP contribution in [0.15, 0.2) is 54.7 Å². The number of rotatable bonds is 6. The van der Waals surface area contributed by atoms with E-state index in [-0.39, 0.29) is 0 Å². The van der Waals surface area contributed by atoms with Gasteiger partial charge >= 0.3 is 0 Å². The lowest BCUT2D eigenvalue weighted by Crippen LogP contribution is -2.51. The number of anilines is 3. The van der Waals surface area contributed by atoms with Gasteiger partial charge in [0.25, 0.3) is 0 Å². The Morgan fingerprint density at radius 2 is 1.68 bits per heavy atom. The highest BCUT2D eigenvalue weighted by Crippen LogP contribution is 2.43. The summed E-state index contributed by atoms with van der Waals surface area (Å²) in [7, 11) is 2.27. The fraction of sp³-hybridized carbons (Fsp3) is 0.433. The van der Waals surface area contributed by atoms with Gasteiger partial charge in [0.1, 0.15) is 11.4 Å². The molecule has 0 radical (unpaired) electrons. The van der Waals surface area contributed by atoms with Crippen molar-refractivity contribution in [1.82, 2.24) is 24.4 Å². The topological polar surface area (TPSA) is 82.3 Å². The highest BCUT2D eigenvalue weighted by Gasteiger charge is 2.37. The fourth-order valence-corrected chi connectivity index (χ4v) is 6.09. The van der Waals surface area contributed by atoms with E-state index in [1.54, 1.807) is 13.8 Å². The summed E-state index contributed by atoms with van der Waals surface area (Å²) >= 11 is 0. The molecule has 3 aliphatic rings. The Morgan fingerprint density at radius 1 is 0.947 bits per heavy atom. The zero-order chi connectivity index (χ0) is 26.0. The molecule has 0 spiro atoms. The van der Waals surface area contributed by atoms with Crippen LogP contribution in [0.3, 0.4) is 0 Å². The van der Waals surface area contributed by atoms with Gasteiger partial charge in [-0.2, -0.15) is 4.98 Å². The molecule has 38 heavy (non-hydrogen) atoms. The molecule has 4 aromatic rings. The zero-order valence-corrected chi connectivity index (χ0v) is 22.3. The predicted octanol–water partition coefficient (Wildman–Crippen LogP) is 4.95. The van der Waals surface area contributed by atoms with Crippen LogP contribution in [0.1, 0.15) is 56.8 Å². The summed E-state index contributed by atoms with van der Waals surface area (Å²) in [4.78, 5) is 19.5. The van der Waals surface area contributed by atoms with Crippen molar-refractivity contribution in [2.75, 3.05) is 30.4 Å². The number of piperazine rings is 1. The van der Waals surface area contributed by atoms with Crippen molar-refractivity contribution in [3.8, 4) is 5.82 Å². The number of nitrogens with zero attached hydrogens (tertiary/aromatic N) is 6. The van der Waals surface area contributed by atoms with Crippen LogP contribution in [0.2, 0.25) is 0 Å². The number of pyridine rings is 1. The van der Waals surface area contributed by atoms with Gasteiger partial charge in [-0.05, 0) is 95.0 Å². The molecule has 2 N–H and O–H groups in total. The van der Waals surface area contributed by atoms with E-state index in [1.807, 2.05) is 24.4 Å². The van der Waals surface area contributed by atoms with Crippen LogP contribution in [-0.4, -0.2) is 61.7 Å². The number of hydrogen-bond acceptors (Lipinski definition) is 7. The van der Waals surface area contributed by atoms with Crippen LogP contribution in [0, 0.1) is 0 Å². The van der Waals surface area contributed by atoms with Crippen LogP contribution >= 0.6 is 0 Å². The molecule has 2 bridgehead atoms. The van der Waals surface area contributed by atoms with Crippen molar-refractivity contribution in [3.05, 3.63) is 66.1 Å². The van der Waals surface area contributed by atoms with Crippen molar-refractivity contribution in [2.24, 2.45) is 0 Å². The predicted molar refractivity (Wildman–Crippen MR) is 150 cm³/mol. The molecule has 196 valence electrons. The Morgan fingerprint density at radius 3 is 2.37 bits per heavy atom. The lowest BCUT2D eigenvalue weighted by Gasteiger charge is -2.40. The third kappa shape index (κ3) is 4.22. The van der Waals surface area contributed by atoms with E-state index >= 15 is 0 Å². The quantitative estimate of drug-likeness (QED) is 0.381. The summed E-state index contributed by atoms with van der Waals surface area (Å²) in [6, 6.07) is 18.0. The van der Waals surface area contributed by atoms with Crippen LogP contribution in [0.4, 0.5) is 17.3 Å². The molecular weight excluding hydrogens is 474 g/mol. The average molecular weight is 510 g/mol. The van der Waals surface area contributed by atoms with Gasteiger partial charge in [0.15, 0.2) is 5.65 Å². The number of likely N-dealkylation sites (N-methyl/N-ethyl adjacent to an activating group) is 1. The molecular formula is C30H35N7O. The molecule has 2 aliphatic heterocycles. The number of hydrogen-bond donors (Lipinski definition) is 2. The first-order valence-corrected chi connectivity index (χ1v) is 13.8. The molecule has 8 heteroatoms. The third-order valence-corrected chi connectivity index (χ3v) is 8.49. The first-order valence-electron chi connectivity index (χ1n) is 13.8. The van der Waals surface area contributed by atoms with Crippen LogP contribution < -0.4 is 10.2 Å². The second-order valence-corrected chi connectivity index (χ2v) is 11.7. The molecule has 3 aromatic heterocycles. The first-order chi connectivity index (χ1) is 18.3. The second kappa shape index (κ2) is 8.78. The Bertz CT molecular complexity index is 1470. The summed E-state index contributed by atoms with van der Waals surface area (Å²) in [5.41, 5.74) is 3.90. The summed E-state index contributed by atoms with van der Waals surface area (Å²) in [6.45, 7) is 5.72. The highest BCUT2D eigenvalue weighted by atomic mass is 16.3. The van der Waals surface area contributed by atoms with Crippen molar-refractivity contribution < 1.29 is 5.11 Å². The van der Waals surface area contributed by atoms with E-state index in [9.17, 15) is 5.11 Å². The number of nitrogens with one attached hydrogen (secondary N) is 1. The van der Waals surface area contributed by atoms with Crippen molar-refractivity contribution in [1.29, 1.82) is 0 Å². The Kier molecular flexibility index (Phi) is 5.46. The van der Waals surface area contributed by atoms with Gasteiger partial charge in [-0.15, -0.1) is 0 Å². The zero-order valence-electron chi connectivity index (χ0n) is 22.3. The minimum Gasteiger partial charge on any atom is -0.384 e. The Labute approximate surface area is 223 Å². The minimum absolute atomic E-state index is 0.505. The largest absolute Gasteiger partial charge is 0.384 e. The van der Waals surface area contributed by atoms with Gasteiger partial charge in [0.2, 0.25) is 5.95 Å². The maximum absolute atomic E-state index is 10.6. The monoisotopic (exact) mass is 509 g/mol. The second-order valence-electron chi connectivity index (χ2n) is 11.7. The molecule has 7 rings (SSSR count). The number of benzene rings is 1. The van der Waals surface area contributed by atoms with Crippen LogP contribution in [-0.2, 0) is 5.60 Å². The molecule has 1 aliphatic carbocycles. The smallest absolute Gasteiger partial charge is 0.229 e. The number of aliphatic hydroxyl groups is 1. The molecule has 8 nitrogen and oxygen atoms in total. The summed E-state index contributed by atoms with van der Waals surface area (Å²) < 4.78 is 2.14. The van der Waals surface area contributed by atoms with Crippen molar-refractivity contribution >= 4 is 28.4 Å². The standard InChI is InChI=1S/C30H35N7O/c1-30(2,38)26-5-4-6-27(33-26)37-25(19-7-8-19)15-20-16-31-29(34-28(20)37)32-21-9-11-22(12-10-21)36-17-23-13-14-24(18-36)35(23)3/h4-6,9-12,15-16,19,23-24,38H,7-8,13-14,17-18H2,1-3H3,(H,31,32,34). The van der Waals surface area contributed by atoms with E-state index in [0.29, 0.717) is 29.6 Å². The SMILES string of the molecule is CN1C2CCC1CN(c1ccc(Nc3ncc4cc(C5CC5)n(-c5cccc(C(C)(C)O)n5)c4n3)cc1)C2. The fourth-order valence-electron chi connectivity index (χ4n) is 6.09. The maximum atomic E-state index is 10.6. The van der Waals surface area contributed by atoms with Gasteiger partial charge < -0.3 is 15.3 Å². The van der Waals surface area contributed by atoms with E-state index in [1.165, 1.54) is 37.1 Å². The molecule has 2 atom stereocenters. The number of aromatic nitrogens is 4. The summed E-state index contributed by atoms with van der Waals surface area (Å²) in [6.07, 6.45) is 6.83. The third-order valence-electron chi connectivity index (χ3n) is 8.49. The lowest BCUT2D eigenvalue weighted by atomic mass is 10.1. The van der Waals surface area contributed by atoms with Gasteiger partial charge in [-0.25, -0.2) is 9.97 Å². The van der Waals surface area contributed by atoms with Crippen molar-refractivity contribution in [3.63, 3.8) is 0 Å². The molecule has 0 amide bonds. The van der Waals surface area contributed by atoms with Gasteiger partial charge in [-0.3, -0.25) is 9.47 Å². The molecule has 1 saturated carbocycles. The maximum Gasteiger partial charge on any atom is 0.229 e. The lowest BCUT2D eigenvalue weighted by molar-refractivity contribution is 0.0738. The molecule has 2 saturated heterocycles. The summed E-state index contributed by atoms with van der Waals surface area (Å²) in [5, 5.41) is 15.0. The van der Waals surface area contributed by atoms with Crippen LogP contribution in [0.5, 0.6) is 0 Å². The normalized spacial score (nSPS) is 21.8. The summed E-state index contributed by atoms with van der Waals surface area (Å²) in [5.74, 6) is 1.84. The van der Waals surface area contributed by atoms with E-state index in [2.05, 4.69) is 62.0 Å². The Balaban J connectivity index is 1.18. The molecule has 5 heterocycles. The van der Waals surface area contributed by atoms with Gasteiger partial charge in [0, 0.05) is 53.8 Å². The average Bonchev–Trinajstić information content (AvgIpc) is 3.66. The van der Waals surface area contributed by atoms with Gasteiger partial charge in [0.05, 0.1) is 5.69 Å². The Hall–Kier alpha value is -3.49. The van der Waals surface area contributed by atoms with Crippen LogP contribution in [0.25, 0.3) is 16.9 Å². The highest BCUT2D eigenvalue weighted by molar-refractivity contribution is 5.80. The molecule has 1 aromatic carbocycles. The molecule has 2 unspecified atom stereocenters. The first kappa shape index (κ1) is 23.6.